The van der Waals surface area contributed by atoms with Gasteiger partial charge in [-0.2, -0.15) is 0 Å². The summed E-state index contributed by atoms with van der Waals surface area (Å²) in [5.41, 5.74) is 2.50. The molecule has 0 spiro atoms. The number of carbonyl (C=O) groups is 1. The molecule has 0 radical (unpaired) electrons. The zero-order chi connectivity index (χ0) is 15.5. The molecule has 2 aromatic rings. The summed E-state index contributed by atoms with van der Waals surface area (Å²) in [6, 6.07) is 14.6. The van der Waals surface area contributed by atoms with Gasteiger partial charge >= 0.3 is 0 Å². The summed E-state index contributed by atoms with van der Waals surface area (Å²) >= 11 is 0. The van der Waals surface area contributed by atoms with Crippen LogP contribution in [0.4, 0.5) is 0 Å². The van der Waals surface area contributed by atoms with E-state index in [0.29, 0.717) is 18.4 Å². The fourth-order valence-corrected chi connectivity index (χ4v) is 3.16. The molecule has 1 amide bonds. The van der Waals surface area contributed by atoms with Crippen molar-refractivity contribution in [1.82, 2.24) is 9.47 Å². The predicted molar refractivity (Wildman–Crippen MR) is 88.4 cm³/mol. The zero-order valence-corrected chi connectivity index (χ0v) is 13.4. The van der Waals surface area contributed by atoms with Crippen molar-refractivity contribution < 1.29 is 4.79 Å². The van der Waals surface area contributed by atoms with Crippen LogP contribution >= 0.6 is 0 Å². The van der Waals surface area contributed by atoms with E-state index in [-0.39, 0.29) is 5.92 Å². The molecule has 3 heteroatoms. The Kier molecular flexibility index (Phi) is 4.32. The van der Waals surface area contributed by atoms with E-state index in [1.165, 1.54) is 11.3 Å². The smallest absolute Gasteiger partial charge is 0.226 e. The van der Waals surface area contributed by atoms with Crippen LogP contribution in [0.1, 0.15) is 36.9 Å². The van der Waals surface area contributed by atoms with Crippen LogP contribution in [0.15, 0.2) is 48.7 Å². The van der Waals surface area contributed by atoms with Gasteiger partial charge in [0.15, 0.2) is 0 Å². The third-order valence-corrected chi connectivity index (χ3v) is 4.54. The molecule has 22 heavy (non-hydrogen) atoms. The summed E-state index contributed by atoms with van der Waals surface area (Å²) in [5.74, 6) is 0.910. The Morgan fingerprint density at radius 3 is 2.64 bits per heavy atom. The molecule has 1 heterocycles. The molecule has 3 nitrogen and oxygen atoms in total. The average molecular weight is 296 g/mol. The SMILES string of the molecule is CCCN(Cc1cccn1C)C(=O)C1CC1c1ccccc1. The Balaban J connectivity index is 1.68. The van der Waals surface area contributed by atoms with Crippen molar-refractivity contribution in [1.29, 1.82) is 0 Å². The second kappa shape index (κ2) is 6.39. The summed E-state index contributed by atoms with van der Waals surface area (Å²) < 4.78 is 2.09. The van der Waals surface area contributed by atoms with Gasteiger partial charge in [-0.15, -0.1) is 0 Å². The number of rotatable bonds is 6. The van der Waals surface area contributed by atoms with E-state index in [2.05, 4.69) is 41.8 Å². The quantitative estimate of drug-likeness (QED) is 0.800. The van der Waals surface area contributed by atoms with Gasteiger partial charge in [0.2, 0.25) is 5.91 Å². The monoisotopic (exact) mass is 296 g/mol. The normalized spacial score (nSPS) is 19.9. The van der Waals surface area contributed by atoms with E-state index >= 15 is 0 Å². The van der Waals surface area contributed by atoms with Gasteiger partial charge < -0.3 is 9.47 Å². The molecule has 1 aliphatic carbocycles. The Hall–Kier alpha value is -2.03. The first-order valence-electron chi connectivity index (χ1n) is 8.14. The first-order chi connectivity index (χ1) is 10.7. The predicted octanol–water partition coefficient (Wildman–Crippen LogP) is 3.57. The second-order valence-electron chi connectivity index (χ2n) is 6.23. The third kappa shape index (κ3) is 3.08. The number of carbonyl (C=O) groups excluding carboxylic acids is 1. The van der Waals surface area contributed by atoms with E-state index < -0.39 is 0 Å². The van der Waals surface area contributed by atoms with Crippen LogP contribution < -0.4 is 0 Å². The minimum atomic E-state index is 0.175. The number of aromatic nitrogens is 1. The van der Waals surface area contributed by atoms with Gasteiger partial charge in [0.25, 0.3) is 0 Å². The maximum absolute atomic E-state index is 12.8. The van der Waals surface area contributed by atoms with E-state index in [0.717, 1.165) is 19.4 Å². The molecule has 3 rings (SSSR count). The highest BCUT2D eigenvalue weighted by Crippen LogP contribution is 2.48. The molecule has 0 saturated heterocycles. The lowest BCUT2D eigenvalue weighted by atomic mass is 10.1. The summed E-state index contributed by atoms with van der Waals surface area (Å²) in [5, 5.41) is 0. The molecule has 2 atom stereocenters. The molecule has 0 N–H and O–H groups in total. The molecular weight excluding hydrogens is 272 g/mol. The fourth-order valence-electron chi connectivity index (χ4n) is 3.16. The van der Waals surface area contributed by atoms with Gasteiger partial charge in [-0.3, -0.25) is 4.79 Å². The molecule has 1 aromatic heterocycles. The van der Waals surface area contributed by atoms with Gasteiger partial charge in [-0.25, -0.2) is 0 Å². The van der Waals surface area contributed by atoms with Crippen LogP contribution in [0.2, 0.25) is 0 Å². The number of benzene rings is 1. The van der Waals surface area contributed by atoms with Crippen LogP contribution in [-0.2, 0) is 18.4 Å². The summed E-state index contributed by atoms with van der Waals surface area (Å²) in [7, 11) is 2.04. The molecule has 116 valence electrons. The van der Waals surface area contributed by atoms with Crippen molar-refractivity contribution in [3.63, 3.8) is 0 Å². The van der Waals surface area contributed by atoms with Gasteiger partial charge in [-0.1, -0.05) is 37.3 Å². The van der Waals surface area contributed by atoms with Crippen LogP contribution in [-0.4, -0.2) is 21.9 Å². The highest BCUT2D eigenvalue weighted by atomic mass is 16.2. The largest absolute Gasteiger partial charge is 0.353 e. The lowest BCUT2D eigenvalue weighted by Crippen LogP contribution is -2.33. The summed E-state index contributed by atoms with van der Waals surface area (Å²) in [4.78, 5) is 14.9. The molecule has 1 aromatic carbocycles. The van der Waals surface area contributed by atoms with Crippen molar-refractivity contribution in [3.8, 4) is 0 Å². The fraction of sp³-hybridized carbons (Fsp3) is 0.421. The minimum absolute atomic E-state index is 0.175. The van der Waals surface area contributed by atoms with Gasteiger partial charge in [-0.05, 0) is 36.5 Å². The second-order valence-corrected chi connectivity index (χ2v) is 6.23. The van der Waals surface area contributed by atoms with Crippen molar-refractivity contribution >= 4 is 5.91 Å². The molecular formula is C19H24N2O. The molecule has 0 bridgehead atoms. The van der Waals surface area contributed by atoms with E-state index in [9.17, 15) is 4.79 Å². The first kappa shape index (κ1) is 14.9. The number of nitrogens with zero attached hydrogens (tertiary/aromatic N) is 2. The maximum atomic E-state index is 12.8. The average Bonchev–Trinajstić information content (AvgIpc) is 3.25. The van der Waals surface area contributed by atoms with Crippen LogP contribution in [0.5, 0.6) is 0 Å². The standard InChI is InChI=1S/C19H24N2O/c1-3-11-21(14-16-10-7-12-20(16)2)19(22)18-13-17(18)15-8-5-4-6-9-15/h4-10,12,17-18H,3,11,13-14H2,1-2H3. The number of aryl methyl sites for hydroxylation is 1. The number of amides is 1. The molecule has 2 unspecified atom stereocenters. The molecule has 1 saturated carbocycles. The van der Waals surface area contributed by atoms with Crippen LogP contribution in [0.3, 0.4) is 0 Å². The lowest BCUT2D eigenvalue weighted by Gasteiger charge is -2.23. The Labute approximate surface area is 132 Å². The molecule has 0 aliphatic heterocycles. The topological polar surface area (TPSA) is 25.2 Å². The minimum Gasteiger partial charge on any atom is -0.353 e. The molecule has 1 aliphatic rings. The highest BCUT2D eigenvalue weighted by Gasteiger charge is 2.45. The van der Waals surface area contributed by atoms with Crippen molar-refractivity contribution in [3.05, 3.63) is 59.9 Å². The van der Waals surface area contributed by atoms with E-state index in [4.69, 9.17) is 0 Å². The van der Waals surface area contributed by atoms with E-state index in [1.807, 2.05) is 30.3 Å². The Bertz CT molecular complexity index is 632. The zero-order valence-electron chi connectivity index (χ0n) is 13.4. The maximum Gasteiger partial charge on any atom is 0.226 e. The van der Waals surface area contributed by atoms with Crippen molar-refractivity contribution in [2.24, 2.45) is 13.0 Å². The van der Waals surface area contributed by atoms with Gasteiger partial charge in [0.1, 0.15) is 0 Å². The number of hydrogen-bond acceptors (Lipinski definition) is 1. The molecule has 1 fully saturated rings. The number of hydrogen-bond donors (Lipinski definition) is 0. The Morgan fingerprint density at radius 2 is 2.00 bits per heavy atom. The van der Waals surface area contributed by atoms with E-state index in [1.54, 1.807) is 0 Å². The summed E-state index contributed by atoms with van der Waals surface area (Å²) in [6.07, 6.45) is 4.03. The van der Waals surface area contributed by atoms with Crippen LogP contribution in [0.25, 0.3) is 0 Å². The van der Waals surface area contributed by atoms with Gasteiger partial charge in [0.05, 0.1) is 6.54 Å². The summed E-state index contributed by atoms with van der Waals surface area (Å²) in [6.45, 7) is 3.68. The third-order valence-electron chi connectivity index (χ3n) is 4.54. The van der Waals surface area contributed by atoms with Crippen molar-refractivity contribution in [2.75, 3.05) is 6.54 Å². The highest BCUT2D eigenvalue weighted by molar-refractivity contribution is 5.83. The Morgan fingerprint density at radius 1 is 1.23 bits per heavy atom. The lowest BCUT2D eigenvalue weighted by molar-refractivity contribution is -0.133. The first-order valence-corrected chi connectivity index (χ1v) is 8.14. The van der Waals surface area contributed by atoms with Crippen LogP contribution in [0, 0.1) is 5.92 Å². The van der Waals surface area contributed by atoms with Crippen molar-refractivity contribution in [2.45, 2.75) is 32.2 Å². The van der Waals surface area contributed by atoms with Gasteiger partial charge in [0, 0.05) is 31.4 Å².